The molecule has 0 fully saturated rings. The Bertz CT molecular complexity index is 1220. The molecular formula is C19H15FN4O3S2. The molecule has 7 nitrogen and oxygen atoms in total. The second-order valence-electron chi connectivity index (χ2n) is 6.18. The molecule has 1 aromatic heterocycles. The van der Waals surface area contributed by atoms with Crippen LogP contribution in [0.1, 0.15) is 12.0 Å². The van der Waals surface area contributed by atoms with Crippen molar-refractivity contribution >= 4 is 38.2 Å². The number of fused-ring (bicyclic) bond motifs is 1. The number of sulfonamides is 1. The molecule has 0 spiro atoms. The summed E-state index contributed by atoms with van der Waals surface area (Å²) in [6.07, 6.45) is 0.0578. The number of hydrogen-bond acceptors (Lipinski definition) is 6. The summed E-state index contributed by atoms with van der Waals surface area (Å²) in [7, 11) is -3.60. The highest BCUT2D eigenvalue weighted by molar-refractivity contribution is 7.90. The largest absolute Gasteiger partial charge is 0.302 e. The van der Waals surface area contributed by atoms with Crippen LogP contribution in [-0.2, 0) is 14.8 Å². The summed E-state index contributed by atoms with van der Waals surface area (Å²) in [4.78, 5) is 20.8. The third-order valence-corrected chi connectivity index (χ3v) is 6.30. The van der Waals surface area contributed by atoms with E-state index in [2.05, 4.69) is 20.0 Å². The number of benzene rings is 2. The third-order valence-electron chi connectivity index (χ3n) is 4.14. The Morgan fingerprint density at radius 3 is 2.86 bits per heavy atom. The fraction of sp³-hybridized carbons (Fsp3) is 0.105. The Kier molecular flexibility index (Phi) is 5.12. The quantitative estimate of drug-likeness (QED) is 0.650. The summed E-state index contributed by atoms with van der Waals surface area (Å²) in [6.45, 7) is 0.111. The number of amides is 1. The fourth-order valence-corrected chi connectivity index (χ4v) is 4.80. The number of nitrogens with zero attached hydrogens (tertiary/aromatic N) is 2. The van der Waals surface area contributed by atoms with Crippen LogP contribution in [0.25, 0.3) is 11.3 Å². The molecule has 0 aliphatic carbocycles. The van der Waals surface area contributed by atoms with Gasteiger partial charge in [-0.05, 0) is 24.3 Å². The van der Waals surface area contributed by atoms with E-state index >= 15 is 0 Å². The molecule has 29 heavy (non-hydrogen) atoms. The smallest absolute Gasteiger partial charge is 0.263 e. The van der Waals surface area contributed by atoms with Crippen molar-refractivity contribution in [1.29, 1.82) is 0 Å². The number of anilines is 1. The Labute approximate surface area is 170 Å². The van der Waals surface area contributed by atoms with Gasteiger partial charge in [0.25, 0.3) is 10.0 Å². The van der Waals surface area contributed by atoms with Crippen LogP contribution in [0.15, 0.2) is 63.8 Å². The van der Waals surface area contributed by atoms with Gasteiger partial charge in [-0.1, -0.05) is 24.3 Å². The van der Waals surface area contributed by atoms with Gasteiger partial charge >= 0.3 is 0 Å². The number of carbonyl (C=O) groups is 1. The van der Waals surface area contributed by atoms with Gasteiger partial charge in [0.2, 0.25) is 5.91 Å². The van der Waals surface area contributed by atoms with Gasteiger partial charge in [-0.15, -0.1) is 11.3 Å². The number of halogens is 1. The van der Waals surface area contributed by atoms with Gasteiger partial charge in [0, 0.05) is 22.9 Å². The van der Waals surface area contributed by atoms with Crippen LogP contribution in [0.2, 0.25) is 0 Å². The predicted molar refractivity (Wildman–Crippen MR) is 109 cm³/mol. The van der Waals surface area contributed by atoms with E-state index in [9.17, 15) is 17.6 Å². The Morgan fingerprint density at radius 1 is 1.21 bits per heavy atom. The van der Waals surface area contributed by atoms with Crippen molar-refractivity contribution in [3.8, 4) is 11.3 Å². The first-order valence-electron chi connectivity index (χ1n) is 8.60. The summed E-state index contributed by atoms with van der Waals surface area (Å²) in [5.41, 5.74) is 1.69. The summed E-state index contributed by atoms with van der Waals surface area (Å²) in [6, 6.07) is 12.6. The van der Waals surface area contributed by atoms with Gasteiger partial charge in [0.15, 0.2) is 5.13 Å². The van der Waals surface area contributed by atoms with Crippen molar-refractivity contribution in [3.05, 3.63) is 65.3 Å². The highest BCUT2D eigenvalue weighted by atomic mass is 32.2. The van der Waals surface area contributed by atoms with E-state index in [-0.39, 0.29) is 35.4 Å². The second-order valence-corrected chi connectivity index (χ2v) is 8.69. The minimum atomic E-state index is -3.60. The normalized spacial score (nSPS) is 15.7. The average molecular weight is 430 g/mol. The second kappa shape index (κ2) is 7.72. The van der Waals surface area contributed by atoms with Crippen molar-refractivity contribution in [2.45, 2.75) is 11.3 Å². The van der Waals surface area contributed by atoms with E-state index in [1.165, 1.54) is 29.5 Å². The summed E-state index contributed by atoms with van der Waals surface area (Å²) in [5.74, 6) is -0.427. The van der Waals surface area contributed by atoms with Crippen molar-refractivity contribution in [2.75, 3.05) is 11.9 Å². The number of hydrogen-bond donors (Lipinski definition) is 2. The first-order valence-corrected chi connectivity index (χ1v) is 11.0. The molecule has 3 aromatic rings. The highest BCUT2D eigenvalue weighted by Crippen LogP contribution is 2.25. The molecule has 0 saturated heterocycles. The molecular weight excluding hydrogens is 415 g/mol. The Hall–Kier alpha value is -3.11. The molecule has 2 aromatic carbocycles. The Morgan fingerprint density at radius 2 is 2.03 bits per heavy atom. The zero-order valence-electron chi connectivity index (χ0n) is 14.9. The zero-order chi connectivity index (χ0) is 20.4. The number of thiazole rings is 1. The van der Waals surface area contributed by atoms with Gasteiger partial charge in [0.1, 0.15) is 11.7 Å². The molecule has 1 amide bonds. The van der Waals surface area contributed by atoms with E-state index in [0.29, 0.717) is 22.0 Å². The molecule has 0 unspecified atom stereocenters. The number of aromatic nitrogens is 1. The van der Waals surface area contributed by atoms with Crippen LogP contribution in [0.3, 0.4) is 0 Å². The van der Waals surface area contributed by atoms with Crippen molar-refractivity contribution < 1.29 is 17.6 Å². The summed E-state index contributed by atoms with van der Waals surface area (Å²) < 4.78 is 39.8. The van der Waals surface area contributed by atoms with Crippen molar-refractivity contribution in [2.24, 2.45) is 4.99 Å². The molecule has 2 N–H and O–H groups in total. The number of carbonyl (C=O) groups excluding carboxylic acids is 1. The van der Waals surface area contributed by atoms with E-state index in [4.69, 9.17) is 0 Å². The standard InChI is InChI=1S/C19H15FN4O3S2/c20-13-5-3-4-12(10-13)15-11-28-19(22-15)23-17(25)8-9-21-18-14-6-1-2-7-16(14)29(26,27)24-18/h1-7,10-11H,8-9H2,(H,21,24)(H,22,23,25). The molecule has 4 rings (SSSR count). The molecule has 1 aliphatic heterocycles. The summed E-state index contributed by atoms with van der Waals surface area (Å²) >= 11 is 1.23. The van der Waals surface area contributed by atoms with Gasteiger partial charge < -0.3 is 5.32 Å². The lowest BCUT2D eigenvalue weighted by atomic mass is 10.2. The van der Waals surface area contributed by atoms with E-state index < -0.39 is 10.0 Å². The van der Waals surface area contributed by atoms with Crippen LogP contribution in [-0.4, -0.2) is 31.7 Å². The lowest BCUT2D eigenvalue weighted by Gasteiger charge is -2.01. The molecule has 0 bridgehead atoms. The molecule has 0 atom stereocenters. The van der Waals surface area contributed by atoms with Crippen LogP contribution in [0.4, 0.5) is 9.52 Å². The maximum absolute atomic E-state index is 13.3. The van der Waals surface area contributed by atoms with E-state index in [1.54, 1.807) is 35.7 Å². The van der Waals surface area contributed by atoms with Gasteiger partial charge in [-0.3, -0.25) is 14.5 Å². The van der Waals surface area contributed by atoms with Crippen molar-refractivity contribution in [3.63, 3.8) is 0 Å². The third kappa shape index (κ3) is 4.17. The maximum atomic E-state index is 13.3. The molecule has 148 valence electrons. The molecule has 2 heterocycles. The van der Waals surface area contributed by atoms with Crippen LogP contribution in [0, 0.1) is 5.82 Å². The maximum Gasteiger partial charge on any atom is 0.263 e. The highest BCUT2D eigenvalue weighted by Gasteiger charge is 2.29. The van der Waals surface area contributed by atoms with Gasteiger partial charge in [-0.2, -0.15) is 0 Å². The Balaban J connectivity index is 1.38. The molecule has 10 heteroatoms. The SMILES string of the molecule is O=C(CCN=C1NS(=O)(=O)c2ccccc21)Nc1nc(-c2cccc(F)c2)cs1. The fourth-order valence-electron chi connectivity index (χ4n) is 2.81. The average Bonchev–Trinajstić information content (AvgIpc) is 3.25. The first kappa shape index (κ1) is 19.2. The van der Waals surface area contributed by atoms with Crippen LogP contribution < -0.4 is 10.0 Å². The first-order chi connectivity index (χ1) is 13.9. The van der Waals surface area contributed by atoms with E-state index in [1.807, 2.05) is 0 Å². The number of nitrogens with one attached hydrogen (secondary N) is 2. The van der Waals surface area contributed by atoms with Gasteiger partial charge in [-0.25, -0.2) is 17.8 Å². The van der Waals surface area contributed by atoms with Crippen LogP contribution >= 0.6 is 11.3 Å². The van der Waals surface area contributed by atoms with E-state index in [0.717, 1.165) is 0 Å². The minimum Gasteiger partial charge on any atom is -0.302 e. The molecule has 0 radical (unpaired) electrons. The van der Waals surface area contributed by atoms with Crippen LogP contribution in [0.5, 0.6) is 0 Å². The number of amidine groups is 1. The molecule has 1 aliphatic rings. The number of aliphatic imine (C=N–C) groups is 1. The lowest BCUT2D eigenvalue weighted by molar-refractivity contribution is -0.116. The predicted octanol–water partition coefficient (Wildman–Crippen LogP) is 3.02. The lowest BCUT2D eigenvalue weighted by Crippen LogP contribution is -2.23. The monoisotopic (exact) mass is 430 g/mol. The molecule has 0 saturated carbocycles. The van der Waals surface area contributed by atoms with Crippen molar-refractivity contribution in [1.82, 2.24) is 9.71 Å². The van der Waals surface area contributed by atoms with Gasteiger partial charge in [0.05, 0.1) is 17.1 Å². The number of rotatable bonds is 5. The zero-order valence-corrected chi connectivity index (χ0v) is 16.6. The summed E-state index contributed by atoms with van der Waals surface area (Å²) in [5, 5.41) is 4.80. The topological polar surface area (TPSA) is 101 Å². The minimum absolute atomic E-state index is 0.0578.